The van der Waals surface area contributed by atoms with E-state index >= 15 is 0 Å². The third-order valence-corrected chi connectivity index (χ3v) is 4.38. The first kappa shape index (κ1) is 19.2. The van der Waals surface area contributed by atoms with E-state index < -0.39 is 0 Å². The van der Waals surface area contributed by atoms with Crippen LogP contribution in [0.25, 0.3) is 0 Å². The van der Waals surface area contributed by atoms with Crippen molar-refractivity contribution in [1.29, 1.82) is 0 Å². The molecular weight excluding hydrogens is 308 g/mol. The molecule has 2 aromatic rings. The minimum Gasteiger partial charge on any atom is -0.452 e. The lowest BCUT2D eigenvalue weighted by molar-refractivity contribution is -0.155. The van der Waals surface area contributed by atoms with Crippen LogP contribution in [0.4, 0.5) is 0 Å². The number of esters is 1. The highest BCUT2D eigenvalue weighted by molar-refractivity contribution is 5.73. The molecule has 0 aliphatic heterocycles. The van der Waals surface area contributed by atoms with Crippen LogP contribution in [-0.2, 0) is 9.53 Å². The van der Waals surface area contributed by atoms with Gasteiger partial charge in [-0.1, -0.05) is 95.3 Å². The fourth-order valence-electron chi connectivity index (χ4n) is 3.04. The molecule has 25 heavy (non-hydrogen) atoms. The van der Waals surface area contributed by atoms with Crippen LogP contribution in [0.1, 0.15) is 58.3 Å². The summed E-state index contributed by atoms with van der Waals surface area (Å²) in [6, 6.07) is 19.9. The molecule has 0 spiro atoms. The van der Waals surface area contributed by atoms with E-state index in [1.54, 1.807) is 0 Å². The lowest BCUT2D eigenvalue weighted by atomic mass is 9.79. The summed E-state index contributed by atoms with van der Waals surface area (Å²) in [6.07, 6.45) is 0.455. The van der Waals surface area contributed by atoms with Gasteiger partial charge in [0.05, 0.1) is 5.92 Å². The van der Waals surface area contributed by atoms with Gasteiger partial charge >= 0.3 is 5.97 Å². The molecule has 0 heterocycles. The molecule has 2 rings (SSSR count). The molecule has 2 aromatic carbocycles. The number of hydrogen-bond donors (Lipinski definition) is 0. The van der Waals surface area contributed by atoms with Crippen molar-refractivity contribution in [2.75, 3.05) is 0 Å². The Bertz CT molecular complexity index is 614. The second kappa shape index (κ2) is 8.33. The molecule has 1 unspecified atom stereocenters. The maximum Gasteiger partial charge on any atom is 0.310 e. The first-order chi connectivity index (χ1) is 11.8. The molecular formula is C23H30O2. The van der Waals surface area contributed by atoms with Crippen molar-refractivity contribution >= 4 is 5.97 Å². The number of benzene rings is 2. The fourth-order valence-corrected chi connectivity index (χ4v) is 3.04. The third-order valence-electron chi connectivity index (χ3n) is 4.38. The predicted octanol–water partition coefficient (Wildman–Crippen LogP) is 6.03. The van der Waals surface area contributed by atoms with Crippen molar-refractivity contribution in [3.8, 4) is 0 Å². The van der Waals surface area contributed by atoms with Crippen LogP contribution in [-0.4, -0.2) is 5.97 Å². The number of carbonyl (C=O) groups excluding carboxylic acids is 1. The molecule has 1 atom stereocenters. The number of carbonyl (C=O) groups is 1. The van der Waals surface area contributed by atoms with E-state index in [9.17, 15) is 4.79 Å². The van der Waals surface area contributed by atoms with Gasteiger partial charge in [0.2, 0.25) is 0 Å². The van der Waals surface area contributed by atoms with E-state index in [1.165, 1.54) is 0 Å². The molecule has 2 nitrogen and oxygen atoms in total. The summed E-state index contributed by atoms with van der Waals surface area (Å²) in [5.74, 6) is 0.0384. The van der Waals surface area contributed by atoms with E-state index in [0.29, 0.717) is 0 Å². The molecule has 134 valence electrons. The summed E-state index contributed by atoms with van der Waals surface area (Å²) in [5, 5.41) is 0. The largest absolute Gasteiger partial charge is 0.452 e. The first-order valence-electron chi connectivity index (χ1n) is 9.08. The Morgan fingerprint density at radius 1 is 0.880 bits per heavy atom. The van der Waals surface area contributed by atoms with E-state index in [2.05, 4.69) is 34.6 Å². The summed E-state index contributed by atoms with van der Waals surface area (Å²) >= 11 is 0. The Balaban J connectivity index is 2.28. The van der Waals surface area contributed by atoms with Gasteiger partial charge in [-0.15, -0.1) is 0 Å². The maximum atomic E-state index is 13.0. The molecule has 0 aliphatic rings. The normalized spacial score (nSPS) is 13.1. The Labute approximate surface area is 152 Å². The zero-order chi connectivity index (χ0) is 18.4. The van der Waals surface area contributed by atoms with E-state index in [4.69, 9.17) is 4.74 Å². The van der Waals surface area contributed by atoms with Gasteiger partial charge in [-0.2, -0.15) is 0 Å². The van der Waals surface area contributed by atoms with Gasteiger partial charge in [0.15, 0.2) is 6.10 Å². The van der Waals surface area contributed by atoms with Crippen LogP contribution in [0.3, 0.4) is 0 Å². The minimum absolute atomic E-state index is 0.0863. The van der Waals surface area contributed by atoms with Crippen molar-refractivity contribution in [2.45, 2.75) is 47.1 Å². The summed E-state index contributed by atoms with van der Waals surface area (Å²) in [7, 11) is 0. The quantitative estimate of drug-likeness (QED) is 0.601. The van der Waals surface area contributed by atoms with Crippen molar-refractivity contribution in [1.82, 2.24) is 0 Å². The molecule has 0 radical (unpaired) electrons. The van der Waals surface area contributed by atoms with Gasteiger partial charge in [-0.3, -0.25) is 4.79 Å². The van der Waals surface area contributed by atoms with Gasteiger partial charge in [0.1, 0.15) is 0 Å². The van der Waals surface area contributed by atoms with Gasteiger partial charge in [0.25, 0.3) is 0 Å². The molecule has 2 heteroatoms. The van der Waals surface area contributed by atoms with E-state index in [1.807, 2.05) is 60.7 Å². The van der Waals surface area contributed by atoms with Crippen LogP contribution < -0.4 is 0 Å². The molecule has 0 saturated heterocycles. The van der Waals surface area contributed by atoms with Crippen LogP contribution in [0.15, 0.2) is 60.7 Å². The standard InChI is InChI=1S/C23H30O2/c1-17(2)20(16-23(3,4)5)22(24)25-21(18-12-8-6-9-13-18)19-14-10-7-11-15-19/h6-15,17,20-21H,16H2,1-5H3. The Kier molecular flexibility index (Phi) is 6.41. The highest BCUT2D eigenvalue weighted by atomic mass is 16.5. The van der Waals surface area contributed by atoms with Gasteiger partial charge < -0.3 is 4.74 Å². The summed E-state index contributed by atoms with van der Waals surface area (Å²) < 4.78 is 6.05. The highest BCUT2D eigenvalue weighted by Crippen LogP contribution is 2.33. The average molecular weight is 338 g/mol. The number of rotatable bonds is 6. The maximum absolute atomic E-state index is 13.0. The summed E-state index contributed by atoms with van der Waals surface area (Å²) in [5.41, 5.74) is 2.09. The van der Waals surface area contributed by atoms with Crippen LogP contribution in [0, 0.1) is 17.3 Å². The smallest absolute Gasteiger partial charge is 0.310 e. The van der Waals surface area contributed by atoms with Gasteiger partial charge in [-0.05, 0) is 28.9 Å². The topological polar surface area (TPSA) is 26.3 Å². The predicted molar refractivity (Wildman–Crippen MR) is 103 cm³/mol. The molecule has 0 aromatic heterocycles. The Hall–Kier alpha value is -2.09. The molecule has 0 amide bonds. The highest BCUT2D eigenvalue weighted by Gasteiger charge is 2.31. The summed E-state index contributed by atoms with van der Waals surface area (Å²) in [4.78, 5) is 13.0. The monoisotopic (exact) mass is 338 g/mol. The van der Waals surface area contributed by atoms with Crippen molar-refractivity contribution in [3.05, 3.63) is 71.8 Å². The second-order valence-corrected chi connectivity index (χ2v) is 8.25. The van der Waals surface area contributed by atoms with Crippen LogP contribution >= 0.6 is 0 Å². The molecule has 0 N–H and O–H groups in total. The SMILES string of the molecule is CC(C)C(CC(C)(C)C)C(=O)OC(c1ccccc1)c1ccccc1. The first-order valence-corrected chi connectivity index (χ1v) is 9.08. The molecule has 0 saturated carbocycles. The van der Waals surface area contributed by atoms with Crippen molar-refractivity contribution in [2.24, 2.45) is 17.3 Å². The second-order valence-electron chi connectivity index (χ2n) is 8.25. The van der Waals surface area contributed by atoms with E-state index in [-0.39, 0.29) is 29.3 Å². The van der Waals surface area contributed by atoms with Gasteiger partial charge in [0, 0.05) is 0 Å². The zero-order valence-corrected chi connectivity index (χ0v) is 16.0. The number of ether oxygens (including phenoxy) is 1. The zero-order valence-electron chi connectivity index (χ0n) is 16.0. The van der Waals surface area contributed by atoms with Crippen LogP contribution in [0.2, 0.25) is 0 Å². The molecule has 0 aliphatic carbocycles. The average Bonchev–Trinajstić information content (AvgIpc) is 2.58. The molecule has 0 bridgehead atoms. The molecule has 0 fully saturated rings. The van der Waals surface area contributed by atoms with E-state index in [0.717, 1.165) is 17.5 Å². The number of hydrogen-bond acceptors (Lipinski definition) is 2. The lowest BCUT2D eigenvalue weighted by Crippen LogP contribution is -2.28. The summed E-state index contributed by atoms with van der Waals surface area (Å²) in [6.45, 7) is 10.7. The van der Waals surface area contributed by atoms with Gasteiger partial charge in [-0.25, -0.2) is 0 Å². The van der Waals surface area contributed by atoms with Crippen LogP contribution in [0.5, 0.6) is 0 Å². The van der Waals surface area contributed by atoms with Crippen molar-refractivity contribution < 1.29 is 9.53 Å². The lowest BCUT2D eigenvalue weighted by Gasteiger charge is -2.29. The minimum atomic E-state index is -0.365. The Morgan fingerprint density at radius 3 is 1.68 bits per heavy atom. The Morgan fingerprint density at radius 2 is 1.32 bits per heavy atom. The third kappa shape index (κ3) is 5.74. The fraction of sp³-hybridized carbons (Fsp3) is 0.435. The van der Waals surface area contributed by atoms with Crippen molar-refractivity contribution in [3.63, 3.8) is 0 Å².